The first-order valence-corrected chi connectivity index (χ1v) is 7.31. The molecule has 0 amide bonds. The van der Waals surface area contributed by atoms with Crippen molar-refractivity contribution in [1.29, 1.82) is 0 Å². The lowest BCUT2D eigenvalue weighted by molar-refractivity contribution is -0.140. The molecule has 2 N–H and O–H groups in total. The summed E-state index contributed by atoms with van der Waals surface area (Å²) in [6, 6.07) is 7.90. The third-order valence-corrected chi connectivity index (χ3v) is 3.83. The van der Waals surface area contributed by atoms with Gasteiger partial charge in [0.05, 0.1) is 0 Å². The molecule has 0 aliphatic rings. The number of aliphatic carboxylic acids is 1. The number of carboxylic acid groups (broad SMARTS) is 1. The summed E-state index contributed by atoms with van der Waals surface area (Å²) in [5, 5.41) is 12.4. The first-order valence-electron chi connectivity index (χ1n) is 7.31. The number of rotatable bonds is 6. The second-order valence-electron chi connectivity index (χ2n) is 6.53. The summed E-state index contributed by atoms with van der Waals surface area (Å²) >= 11 is 0. The van der Waals surface area contributed by atoms with E-state index in [1.807, 2.05) is 13.8 Å². The van der Waals surface area contributed by atoms with Gasteiger partial charge in [0, 0.05) is 6.54 Å². The third-order valence-electron chi connectivity index (χ3n) is 3.83. The largest absolute Gasteiger partial charge is 0.480 e. The Morgan fingerprint density at radius 1 is 1.25 bits per heavy atom. The van der Waals surface area contributed by atoms with Crippen molar-refractivity contribution < 1.29 is 9.90 Å². The van der Waals surface area contributed by atoms with Gasteiger partial charge < -0.3 is 10.4 Å². The molecule has 0 saturated carbocycles. The summed E-state index contributed by atoms with van der Waals surface area (Å²) in [5.41, 5.74) is 2.55. The monoisotopic (exact) mass is 277 g/mol. The molecule has 0 spiro atoms. The number of nitrogens with one attached hydrogen (secondary N) is 1. The van der Waals surface area contributed by atoms with Crippen molar-refractivity contribution in [3.8, 4) is 0 Å². The molecule has 1 rings (SSSR count). The van der Waals surface area contributed by atoms with Crippen molar-refractivity contribution >= 4 is 5.97 Å². The standard InChI is InChI=1S/C17H27NO2/c1-6-12(2)15(16(19)20)18-11-13-7-9-14(10-8-13)17(3,4)5/h7-10,12,15,18H,6,11H2,1-5H3,(H,19,20)/t12?,15-/m0/s1. The Kier molecular flexibility index (Phi) is 5.75. The molecular formula is C17H27NO2. The number of hydrogen-bond acceptors (Lipinski definition) is 2. The SMILES string of the molecule is CCC(C)[C@H](NCc1ccc(C(C)(C)C)cc1)C(=O)O. The van der Waals surface area contributed by atoms with E-state index in [0.717, 1.165) is 12.0 Å². The normalized spacial score (nSPS) is 14.8. The first kappa shape index (κ1) is 16.7. The average molecular weight is 277 g/mol. The Morgan fingerprint density at radius 2 is 1.80 bits per heavy atom. The molecule has 0 aliphatic carbocycles. The zero-order valence-electron chi connectivity index (χ0n) is 13.2. The van der Waals surface area contributed by atoms with Crippen LogP contribution < -0.4 is 5.32 Å². The molecule has 0 heterocycles. The van der Waals surface area contributed by atoms with E-state index in [2.05, 4.69) is 50.4 Å². The van der Waals surface area contributed by atoms with E-state index in [-0.39, 0.29) is 11.3 Å². The smallest absolute Gasteiger partial charge is 0.320 e. The van der Waals surface area contributed by atoms with Crippen molar-refractivity contribution in [2.75, 3.05) is 0 Å². The van der Waals surface area contributed by atoms with Gasteiger partial charge in [0.2, 0.25) is 0 Å². The fraction of sp³-hybridized carbons (Fsp3) is 0.588. The lowest BCUT2D eigenvalue weighted by Crippen LogP contribution is -2.41. The highest BCUT2D eigenvalue weighted by Gasteiger charge is 2.22. The maximum atomic E-state index is 11.2. The summed E-state index contributed by atoms with van der Waals surface area (Å²) < 4.78 is 0. The summed E-state index contributed by atoms with van der Waals surface area (Å²) in [4.78, 5) is 11.2. The van der Waals surface area contributed by atoms with Crippen molar-refractivity contribution in [2.24, 2.45) is 5.92 Å². The summed E-state index contributed by atoms with van der Waals surface area (Å²) in [6.45, 7) is 11.1. The maximum absolute atomic E-state index is 11.2. The number of benzene rings is 1. The Balaban J connectivity index is 2.67. The fourth-order valence-electron chi connectivity index (χ4n) is 2.12. The fourth-order valence-corrected chi connectivity index (χ4v) is 2.12. The van der Waals surface area contributed by atoms with Crippen LogP contribution in [-0.2, 0) is 16.8 Å². The Labute approximate surface area is 122 Å². The van der Waals surface area contributed by atoms with Gasteiger partial charge in [0.25, 0.3) is 0 Å². The van der Waals surface area contributed by atoms with Gasteiger partial charge in [-0.25, -0.2) is 0 Å². The van der Waals surface area contributed by atoms with Crippen LogP contribution in [0.5, 0.6) is 0 Å². The molecule has 1 aromatic rings. The number of carbonyl (C=O) groups is 1. The predicted molar refractivity (Wildman–Crippen MR) is 82.9 cm³/mol. The topological polar surface area (TPSA) is 49.3 Å². The molecule has 0 bridgehead atoms. The molecule has 0 fully saturated rings. The minimum absolute atomic E-state index is 0.126. The minimum Gasteiger partial charge on any atom is -0.480 e. The van der Waals surface area contributed by atoms with Crippen molar-refractivity contribution in [3.05, 3.63) is 35.4 Å². The van der Waals surface area contributed by atoms with Gasteiger partial charge in [-0.15, -0.1) is 0 Å². The summed E-state index contributed by atoms with van der Waals surface area (Å²) in [5.74, 6) is -0.646. The molecule has 0 saturated heterocycles. The maximum Gasteiger partial charge on any atom is 0.320 e. The van der Waals surface area contributed by atoms with E-state index in [1.165, 1.54) is 5.56 Å². The molecule has 3 heteroatoms. The van der Waals surface area contributed by atoms with E-state index < -0.39 is 12.0 Å². The molecule has 0 aliphatic heterocycles. The zero-order chi connectivity index (χ0) is 15.3. The molecule has 1 aromatic carbocycles. The highest BCUT2D eigenvalue weighted by atomic mass is 16.4. The molecule has 3 nitrogen and oxygen atoms in total. The van der Waals surface area contributed by atoms with E-state index in [0.29, 0.717) is 6.54 Å². The Morgan fingerprint density at radius 3 is 2.20 bits per heavy atom. The molecule has 20 heavy (non-hydrogen) atoms. The molecule has 0 radical (unpaired) electrons. The van der Waals surface area contributed by atoms with Gasteiger partial charge in [-0.05, 0) is 22.5 Å². The lowest BCUT2D eigenvalue weighted by Gasteiger charge is -2.21. The van der Waals surface area contributed by atoms with Crippen LogP contribution in [0.1, 0.15) is 52.2 Å². The van der Waals surface area contributed by atoms with Gasteiger partial charge in [-0.3, -0.25) is 4.79 Å². The van der Waals surface area contributed by atoms with E-state index in [9.17, 15) is 9.90 Å². The highest BCUT2D eigenvalue weighted by molar-refractivity contribution is 5.73. The Hall–Kier alpha value is -1.35. The van der Waals surface area contributed by atoms with Gasteiger partial charge >= 0.3 is 5.97 Å². The van der Waals surface area contributed by atoms with Crippen LogP contribution in [0.15, 0.2) is 24.3 Å². The molecule has 1 unspecified atom stereocenters. The summed E-state index contributed by atoms with van der Waals surface area (Å²) in [7, 11) is 0. The molecule has 2 atom stereocenters. The second-order valence-corrected chi connectivity index (χ2v) is 6.53. The highest BCUT2D eigenvalue weighted by Crippen LogP contribution is 2.22. The van der Waals surface area contributed by atoms with E-state index in [1.54, 1.807) is 0 Å². The van der Waals surface area contributed by atoms with Crippen LogP contribution in [0.25, 0.3) is 0 Å². The quantitative estimate of drug-likeness (QED) is 0.835. The molecule has 112 valence electrons. The number of hydrogen-bond donors (Lipinski definition) is 2. The summed E-state index contributed by atoms with van der Waals surface area (Å²) in [6.07, 6.45) is 0.854. The van der Waals surface area contributed by atoms with Gasteiger partial charge in [0.1, 0.15) is 6.04 Å². The predicted octanol–water partition coefficient (Wildman–Crippen LogP) is 3.57. The first-order chi connectivity index (χ1) is 9.25. The lowest BCUT2D eigenvalue weighted by atomic mass is 9.87. The second kappa shape index (κ2) is 6.89. The van der Waals surface area contributed by atoms with Crippen molar-refractivity contribution in [1.82, 2.24) is 5.32 Å². The van der Waals surface area contributed by atoms with Crippen LogP contribution in [0.3, 0.4) is 0 Å². The van der Waals surface area contributed by atoms with Gasteiger partial charge in [-0.1, -0.05) is 65.3 Å². The minimum atomic E-state index is -0.773. The molecule has 0 aromatic heterocycles. The van der Waals surface area contributed by atoms with Crippen molar-refractivity contribution in [3.63, 3.8) is 0 Å². The Bertz CT molecular complexity index is 431. The van der Waals surface area contributed by atoms with E-state index in [4.69, 9.17) is 0 Å². The van der Waals surface area contributed by atoms with Gasteiger partial charge in [-0.2, -0.15) is 0 Å². The van der Waals surface area contributed by atoms with Crippen LogP contribution in [0.4, 0.5) is 0 Å². The van der Waals surface area contributed by atoms with E-state index >= 15 is 0 Å². The van der Waals surface area contributed by atoms with Crippen LogP contribution >= 0.6 is 0 Å². The van der Waals surface area contributed by atoms with Crippen LogP contribution in [0, 0.1) is 5.92 Å². The van der Waals surface area contributed by atoms with Crippen LogP contribution in [-0.4, -0.2) is 17.1 Å². The number of carboxylic acids is 1. The van der Waals surface area contributed by atoms with Gasteiger partial charge in [0.15, 0.2) is 0 Å². The zero-order valence-corrected chi connectivity index (χ0v) is 13.2. The van der Waals surface area contributed by atoms with Crippen molar-refractivity contribution in [2.45, 2.75) is 59.0 Å². The third kappa shape index (κ3) is 4.64. The average Bonchev–Trinajstić information content (AvgIpc) is 2.37. The van der Waals surface area contributed by atoms with Crippen LogP contribution in [0.2, 0.25) is 0 Å². The molecular weight excluding hydrogens is 250 g/mol.